The van der Waals surface area contributed by atoms with Crippen LogP contribution >= 0.6 is 11.6 Å². The lowest BCUT2D eigenvalue weighted by atomic mass is 9.99. The van der Waals surface area contributed by atoms with E-state index in [4.69, 9.17) is 21.1 Å². The predicted octanol–water partition coefficient (Wildman–Crippen LogP) is 5.02. The van der Waals surface area contributed by atoms with E-state index in [-0.39, 0.29) is 5.38 Å². The Labute approximate surface area is 127 Å². The molecule has 1 heterocycles. The van der Waals surface area contributed by atoms with E-state index in [1.54, 1.807) is 0 Å². The molecule has 1 fully saturated rings. The van der Waals surface area contributed by atoms with E-state index in [0.29, 0.717) is 12.7 Å². The molecule has 1 aromatic carbocycles. The molecule has 112 valence electrons. The van der Waals surface area contributed by atoms with E-state index in [2.05, 4.69) is 19.1 Å². The first-order valence-corrected chi connectivity index (χ1v) is 8.13. The van der Waals surface area contributed by atoms with Gasteiger partial charge in [0.25, 0.3) is 0 Å². The van der Waals surface area contributed by atoms with Crippen molar-refractivity contribution in [3.8, 4) is 5.75 Å². The van der Waals surface area contributed by atoms with Gasteiger partial charge in [-0.25, -0.2) is 0 Å². The summed E-state index contributed by atoms with van der Waals surface area (Å²) in [6, 6.07) is 6.24. The average Bonchev–Trinajstić information content (AvgIpc) is 2.48. The Balaban J connectivity index is 1.96. The molecule has 0 spiro atoms. The van der Waals surface area contributed by atoms with Crippen molar-refractivity contribution in [2.24, 2.45) is 0 Å². The van der Waals surface area contributed by atoms with E-state index in [0.717, 1.165) is 30.8 Å². The number of halogens is 1. The maximum Gasteiger partial charge on any atom is 0.123 e. The SMILES string of the molecule is CCOc1ccc(C)cc1C(Cl)CCC1CCCCO1. The van der Waals surface area contributed by atoms with Gasteiger partial charge in [0.05, 0.1) is 18.1 Å². The molecule has 2 rings (SSSR count). The fourth-order valence-electron chi connectivity index (χ4n) is 2.72. The summed E-state index contributed by atoms with van der Waals surface area (Å²) in [7, 11) is 0. The summed E-state index contributed by atoms with van der Waals surface area (Å²) in [5, 5.41) is 0.00183. The zero-order valence-electron chi connectivity index (χ0n) is 12.5. The molecule has 1 aliphatic rings. The highest BCUT2D eigenvalue weighted by molar-refractivity contribution is 6.21. The van der Waals surface area contributed by atoms with Crippen LogP contribution in [0.1, 0.15) is 55.5 Å². The number of hydrogen-bond donors (Lipinski definition) is 0. The van der Waals surface area contributed by atoms with Gasteiger partial charge < -0.3 is 9.47 Å². The van der Waals surface area contributed by atoms with Crippen molar-refractivity contribution in [3.63, 3.8) is 0 Å². The van der Waals surface area contributed by atoms with Crippen LogP contribution in [0.5, 0.6) is 5.75 Å². The van der Waals surface area contributed by atoms with E-state index >= 15 is 0 Å². The summed E-state index contributed by atoms with van der Waals surface area (Å²) in [6.07, 6.45) is 6.03. The van der Waals surface area contributed by atoms with Crippen LogP contribution in [-0.4, -0.2) is 19.3 Å². The highest BCUT2D eigenvalue weighted by atomic mass is 35.5. The molecule has 0 bridgehead atoms. The van der Waals surface area contributed by atoms with Gasteiger partial charge in [-0.05, 0) is 52.0 Å². The first-order valence-electron chi connectivity index (χ1n) is 7.69. The van der Waals surface area contributed by atoms with Gasteiger partial charge in [-0.2, -0.15) is 0 Å². The van der Waals surface area contributed by atoms with Crippen molar-refractivity contribution in [1.82, 2.24) is 0 Å². The highest BCUT2D eigenvalue weighted by Crippen LogP contribution is 2.35. The molecule has 20 heavy (non-hydrogen) atoms. The molecule has 0 radical (unpaired) electrons. The summed E-state index contributed by atoms with van der Waals surface area (Å²) in [6.45, 7) is 5.67. The Kier molecular flexibility index (Phi) is 6.18. The second-order valence-corrected chi connectivity index (χ2v) is 6.03. The monoisotopic (exact) mass is 296 g/mol. The van der Waals surface area contributed by atoms with Crippen molar-refractivity contribution in [3.05, 3.63) is 29.3 Å². The summed E-state index contributed by atoms with van der Waals surface area (Å²) < 4.78 is 11.5. The standard InChI is InChI=1S/C17H25ClO2/c1-3-19-17-10-7-13(2)12-15(17)16(18)9-8-14-6-4-5-11-20-14/h7,10,12,14,16H,3-6,8-9,11H2,1-2H3. The van der Waals surface area contributed by atoms with Crippen LogP contribution in [0.4, 0.5) is 0 Å². The van der Waals surface area contributed by atoms with Gasteiger partial charge in [0.2, 0.25) is 0 Å². The molecule has 0 aromatic heterocycles. The summed E-state index contributed by atoms with van der Waals surface area (Å²) >= 11 is 6.60. The first-order chi connectivity index (χ1) is 9.70. The minimum atomic E-state index is 0.00183. The highest BCUT2D eigenvalue weighted by Gasteiger charge is 2.19. The molecule has 3 heteroatoms. The molecule has 0 saturated carbocycles. The summed E-state index contributed by atoms with van der Waals surface area (Å²) in [4.78, 5) is 0. The Bertz CT molecular complexity index is 413. The van der Waals surface area contributed by atoms with Gasteiger partial charge in [-0.15, -0.1) is 11.6 Å². The molecular weight excluding hydrogens is 272 g/mol. The molecular formula is C17H25ClO2. The van der Waals surface area contributed by atoms with Crippen molar-refractivity contribution in [2.75, 3.05) is 13.2 Å². The Hall–Kier alpha value is -0.730. The lowest BCUT2D eigenvalue weighted by Crippen LogP contribution is -2.19. The maximum absolute atomic E-state index is 6.60. The largest absolute Gasteiger partial charge is 0.494 e. The molecule has 0 aliphatic carbocycles. The normalized spacial score (nSPS) is 20.6. The molecule has 1 aromatic rings. The zero-order valence-corrected chi connectivity index (χ0v) is 13.3. The van der Waals surface area contributed by atoms with E-state index in [1.165, 1.54) is 24.8 Å². The van der Waals surface area contributed by atoms with Crippen LogP contribution < -0.4 is 4.74 Å². The fraction of sp³-hybridized carbons (Fsp3) is 0.647. The Morgan fingerprint density at radius 2 is 2.25 bits per heavy atom. The van der Waals surface area contributed by atoms with Crippen molar-refractivity contribution in [2.45, 2.75) is 57.4 Å². The predicted molar refractivity (Wildman–Crippen MR) is 83.8 cm³/mol. The summed E-state index contributed by atoms with van der Waals surface area (Å²) in [5.74, 6) is 0.919. The average molecular weight is 297 g/mol. The topological polar surface area (TPSA) is 18.5 Å². The van der Waals surface area contributed by atoms with Crippen LogP contribution in [0.2, 0.25) is 0 Å². The second kappa shape index (κ2) is 7.90. The van der Waals surface area contributed by atoms with Crippen molar-refractivity contribution < 1.29 is 9.47 Å². The number of hydrogen-bond acceptors (Lipinski definition) is 2. The molecule has 0 amide bonds. The van der Waals surface area contributed by atoms with Crippen LogP contribution in [0.25, 0.3) is 0 Å². The molecule has 1 aliphatic heterocycles. The van der Waals surface area contributed by atoms with E-state index in [1.807, 2.05) is 13.0 Å². The Morgan fingerprint density at radius 3 is 2.95 bits per heavy atom. The van der Waals surface area contributed by atoms with E-state index in [9.17, 15) is 0 Å². The number of rotatable bonds is 6. The van der Waals surface area contributed by atoms with Gasteiger partial charge in [-0.3, -0.25) is 0 Å². The molecule has 2 nitrogen and oxygen atoms in total. The van der Waals surface area contributed by atoms with Crippen molar-refractivity contribution in [1.29, 1.82) is 0 Å². The minimum Gasteiger partial charge on any atom is -0.494 e. The quantitative estimate of drug-likeness (QED) is 0.686. The maximum atomic E-state index is 6.60. The van der Waals surface area contributed by atoms with Gasteiger partial charge in [-0.1, -0.05) is 17.7 Å². The third-order valence-corrected chi connectivity index (χ3v) is 4.27. The summed E-state index contributed by atoms with van der Waals surface area (Å²) in [5.41, 5.74) is 2.34. The third kappa shape index (κ3) is 4.39. The third-order valence-electron chi connectivity index (χ3n) is 3.82. The minimum absolute atomic E-state index is 0.00183. The van der Waals surface area contributed by atoms with Crippen LogP contribution in [-0.2, 0) is 4.74 Å². The van der Waals surface area contributed by atoms with Crippen molar-refractivity contribution >= 4 is 11.6 Å². The van der Waals surface area contributed by atoms with Gasteiger partial charge in [0.15, 0.2) is 0 Å². The Morgan fingerprint density at radius 1 is 1.40 bits per heavy atom. The molecule has 2 atom stereocenters. The zero-order chi connectivity index (χ0) is 14.4. The lowest BCUT2D eigenvalue weighted by molar-refractivity contribution is 0.00998. The number of alkyl halides is 1. The number of benzene rings is 1. The van der Waals surface area contributed by atoms with Crippen LogP contribution in [0, 0.1) is 6.92 Å². The molecule has 2 unspecified atom stereocenters. The van der Waals surface area contributed by atoms with Crippen LogP contribution in [0.3, 0.4) is 0 Å². The van der Waals surface area contributed by atoms with Crippen LogP contribution in [0.15, 0.2) is 18.2 Å². The number of ether oxygens (including phenoxy) is 2. The number of aryl methyl sites for hydroxylation is 1. The fourth-order valence-corrected chi connectivity index (χ4v) is 3.02. The first kappa shape index (κ1) is 15.7. The molecule has 0 N–H and O–H groups in total. The smallest absolute Gasteiger partial charge is 0.123 e. The van der Waals surface area contributed by atoms with E-state index < -0.39 is 0 Å². The molecule has 1 saturated heterocycles. The van der Waals surface area contributed by atoms with Gasteiger partial charge in [0.1, 0.15) is 5.75 Å². The lowest BCUT2D eigenvalue weighted by Gasteiger charge is -2.24. The van der Waals surface area contributed by atoms with Gasteiger partial charge >= 0.3 is 0 Å². The second-order valence-electron chi connectivity index (χ2n) is 5.51. The van der Waals surface area contributed by atoms with Gasteiger partial charge in [0, 0.05) is 12.2 Å².